The molecule has 0 spiro atoms. The van der Waals surface area contributed by atoms with Crippen LogP contribution in [-0.2, 0) is 4.74 Å². The maximum atomic E-state index is 17.5. The molecule has 286 valence electrons. The summed E-state index contributed by atoms with van der Waals surface area (Å²) in [5.74, 6) is 1.47. The Morgan fingerprint density at radius 3 is 2.59 bits per heavy atom. The summed E-state index contributed by atoms with van der Waals surface area (Å²) in [5, 5.41) is 1.49. The lowest BCUT2D eigenvalue weighted by atomic mass is 9.94. The number of pyridine rings is 1. The molecule has 0 aliphatic carbocycles. The first-order valence-corrected chi connectivity index (χ1v) is 19.1. The molecule has 0 bridgehead atoms. The van der Waals surface area contributed by atoms with Crippen molar-refractivity contribution in [3.63, 3.8) is 0 Å². The molecule has 0 saturated carbocycles. The number of carbonyl (C=O) groups is 1. The standard InChI is InChI=1S/C42H49F3N6O3/c1-8-25(4)35-33-37(34(45)36(46-35)30-14-11-13-26-15-16-31(44)29(10-3)32(26)30)47-39(53-24-42-17-12-18-50(42)22-27(43)21-42)48-38(33)49-19-20-51(28(9-2)23-49)40(52)54-41(5,6)7/h3,11,13-16,25,27-28H,8-9,12,17-24H2,1-2,4-7H3/t25-,27+,28+,42-/m0/s1. The van der Waals surface area contributed by atoms with Crippen molar-refractivity contribution in [3.8, 4) is 29.6 Å². The number of halogens is 3. The molecule has 4 atom stereocenters. The van der Waals surface area contributed by atoms with Gasteiger partial charge in [-0.3, -0.25) is 4.90 Å². The molecule has 0 radical (unpaired) electrons. The molecule has 0 N–H and O–H groups in total. The highest BCUT2D eigenvalue weighted by Gasteiger charge is 2.49. The zero-order valence-electron chi connectivity index (χ0n) is 32.0. The monoisotopic (exact) mass is 742 g/mol. The molecule has 54 heavy (non-hydrogen) atoms. The van der Waals surface area contributed by atoms with Crippen molar-refractivity contribution in [2.75, 3.05) is 44.2 Å². The van der Waals surface area contributed by atoms with Crippen LogP contribution < -0.4 is 9.64 Å². The van der Waals surface area contributed by atoms with Crippen LogP contribution in [0.5, 0.6) is 6.01 Å². The largest absolute Gasteiger partial charge is 0.461 e. The molecular weight excluding hydrogens is 693 g/mol. The number of terminal acetylenes is 1. The Bertz CT molecular complexity index is 2130. The molecule has 3 aliphatic rings. The van der Waals surface area contributed by atoms with Crippen LogP contribution in [0.3, 0.4) is 0 Å². The van der Waals surface area contributed by atoms with Gasteiger partial charge in [0.1, 0.15) is 41.2 Å². The Labute approximate surface area is 315 Å². The van der Waals surface area contributed by atoms with Crippen LogP contribution in [0.2, 0.25) is 0 Å². The highest BCUT2D eigenvalue weighted by molar-refractivity contribution is 6.02. The molecular formula is C42H49F3N6O3. The summed E-state index contributed by atoms with van der Waals surface area (Å²) in [6.07, 6.45) is 7.89. The lowest BCUT2D eigenvalue weighted by Crippen LogP contribution is -2.56. The summed E-state index contributed by atoms with van der Waals surface area (Å²) in [7, 11) is 0. The highest BCUT2D eigenvalue weighted by Crippen LogP contribution is 2.43. The fourth-order valence-corrected chi connectivity index (χ4v) is 8.48. The third-order valence-electron chi connectivity index (χ3n) is 11.4. The van der Waals surface area contributed by atoms with Crippen LogP contribution >= 0.6 is 0 Å². The minimum absolute atomic E-state index is 0.00101. The molecule has 2 aromatic carbocycles. The Morgan fingerprint density at radius 2 is 1.87 bits per heavy atom. The van der Waals surface area contributed by atoms with Gasteiger partial charge in [-0.2, -0.15) is 9.97 Å². The third kappa shape index (κ3) is 6.80. The normalized spacial score (nSPS) is 22.4. The maximum Gasteiger partial charge on any atom is 0.410 e. The zero-order valence-corrected chi connectivity index (χ0v) is 32.0. The first kappa shape index (κ1) is 37.7. The van der Waals surface area contributed by atoms with E-state index in [9.17, 15) is 9.18 Å². The predicted molar refractivity (Wildman–Crippen MR) is 205 cm³/mol. The van der Waals surface area contributed by atoms with E-state index in [1.807, 2.05) is 41.5 Å². The van der Waals surface area contributed by atoms with Crippen LogP contribution in [0.4, 0.5) is 23.8 Å². The molecule has 3 aliphatic heterocycles. The molecule has 7 rings (SSSR count). The summed E-state index contributed by atoms with van der Waals surface area (Å²) in [4.78, 5) is 34.0. The first-order chi connectivity index (χ1) is 25.8. The Hall–Kier alpha value is -4.63. The smallest absolute Gasteiger partial charge is 0.410 e. The van der Waals surface area contributed by atoms with E-state index in [-0.39, 0.29) is 47.4 Å². The van der Waals surface area contributed by atoms with E-state index in [0.29, 0.717) is 78.7 Å². The lowest BCUT2D eigenvalue weighted by Gasteiger charge is -2.42. The fraction of sp³-hybridized carbons (Fsp3) is 0.524. The predicted octanol–water partition coefficient (Wildman–Crippen LogP) is 8.41. The van der Waals surface area contributed by atoms with Gasteiger partial charge in [0, 0.05) is 43.5 Å². The van der Waals surface area contributed by atoms with E-state index in [2.05, 4.69) is 15.7 Å². The van der Waals surface area contributed by atoms with Crippen molar-refractivity contribution < 1.29 is 27.4 Å². The van der Waals surface area contributed by atoms with Crippen molar-refractivity contribution in [1.29, 1.82) is 0 Å². The minimum Gasteiger partial charge on any atom is -0.461 e. The van der Waals surface area contributed by atoms with Gasteiger partial charge in [-0.1, -0.05) is 51.0 Å². The Balaban J connectivity index is 1.41. The van der Waals surface area contributed by atoms with Crippen molar-refractivity contribution in [2.45, 2.75) is 103 Å². The van der Waals surface area contributed by atoms with Gasteiger partial charge in [0.2, 0.25) is 0 Å². The first-order valence-electron chi connectivity index (χ1n) is 19.1. The maximum absolute atomic E-state index is 17.5. The van der Waals surface area contributed by atoms with Crippen LogP contribution in [0.25, 0.3) is 32.9 Å². The number of fused-ring (bicyclic) bond motifs is 3. The van der Waals surface area contributed by atoms with Gasteiger partial charge in [0.05, 0.1) is 28.2 Å². The number of benzene rings is 2. The van der Waals surface area contributed by atoms with Crippen molar-refractivity contribution in [2.24, 2.45) is 0 Å². The number of ether oxygens (including phenoxy) is 2. The van der Waals surface area contributed by atoms with Gasteiger partial charge in [-0.25, -0.2) is 22.9 Å². The van der Waals surface area contributed by atoms with Gasteiger partial charge >= 0.3 is 12.1 Å². The van der Waals surface area contributed by atoms with Gasteiger partial charge in [-0.15, -0.1) is 6.42 Å². The number of nitrogens with zero attached hydrogens (tertiary/aromatic N) is 6. The van der Waals surface area contributed by atoms with Crippen molar-refractivity contribution in [1.82, 2.24) is 24.8 Å². The number of rotatable bonds is 8. The highest BCUT2D eigenvalue weighted by atomic mass is 19.1. The van der Waals surface area contributed by atoms with E-state index in [1.165, 1.54) is 6.07 Å². The van der Waals surface area contributed by atoms with Crippen molar-refractivity contribution >= 4 is 33.6 Å². The second-order valence-electron chi connectivity index (χ2n) is 16.0. The Kier molecular flexibility index (Phi) is 10.2. The number of piperazine rings is 1. The summed E-state index contributed by atoms with van der Waals surface area (Å²) < 4.78 is 59.5. The third-order valence-corrected chi connectivity index (χ3v) is 11.4. The van der Waals surface area contributed by atoms with E-state index in [4.69, 9.17) is 30.8 Å². The van der Waals surface area contributed by atoms with Gasteiger partial charge in [-0.05, 0) is 70.4 Å². The quantitative estimate of drug-likeness (QED) is 0.167. The molecule has 3 saturated heterocycles. The van der Waals surface area contributed by atoms with E-state index in [1.54, 1.807) is 29.2 Å². The van der Waals surface area contributed by atoms with Gasteiger partial charge < -0.3 is 19.3 Å². The number of alkyl halides is 1. The second kappa shape index (κ2) is 14.5. The molecule has 3 fully saturated rings. The second-order valence-corrected chi connectivity index (χ2v) is 16.0. The van der Waals surface area contributed by atoms with Crippen LogP contribution in [-0.4, -0.2) is 93.5 Å². The summed E-state index contributed by atoms with van der Waals surface area (Å²) in [6, 6.07) is 7.96. The summed E-state index contributed by atoms with van der Waals surface area (Å²) in [6.45, 7) is 14.0. The van der Waals surface area contributed by atoms with Crippen LogP contribution in [0.15, 0.2) is 30.3 Å². The summed E-state index contributed by atoms with van der Waals surface area (Å²) in [5.41, 5.74) is -0.154. The number of aromatic nitrogens is 3. The van der Waals surface area contributed by atoms with E-state index >= 15 is 8.78 Å². The number of carbonyl (C=O) groups excluding carboxylic acids is 1. The van der Waals surface area contributed by atoms with E-state index in [0.717, 1.165) is 19.4 Å². The summed E-state index contributed by atoms with van der Waals surface area (Å²) >= 11 is 0. The molecule has 1 amide bonds. The molecule has 4 aromatic rings. The van der Waals surface area contributed by atoms with Gasteiger partial charge in [0.15, 0.2) is 5.82 Å². The SMILES string of the molecule is C#Cc1c(F)ccc2cccc(-c3nc([C@@H](C)CC)c4c(N5CCN(C(=O)OC(C)(C)C)[C@H](CC)C5)nc(OC[C@@]56CCCN5C[C@H](F)C6)nc4c3F)c12. The topological polar surface area (TPSA) is 83.9 Å². The number of amides is 1. The van der Waals surface area contributed by atoms with Gasteiger partial charge in [0.25, 0.3) is 0 Å². The molecule has 9 nitrogen and oxygen atoms in total. The van der Waals surface area contributed by atoms with E-state index < -0.39 is 28.9 Å². The zero-order chi connectivity index (χ0) is 38.5. The van der Waals surface area contributed by atoms with Crippen LogP contribution in [0.1, 0.15) is 90.8 Å². The van der Waals surface area contributed by atoms with Crippen LogP contribution in [0, 0.1) is 24.0 Å². The minimum atomic E-state index is -0.947. The average molecular weight is 743 g/mol. The average Bonchev–Trinajstić information content (AvgIpc) is 3.68. The molecule has 12 heteroatoms. The lowest BCUT2D eigenvalue weighted by molar-refractivity contribution is 0.0136. The molecule has 2 aromatic heterocycles. The number of hydrogen-bond donors (Lipinski definition) is 0. The Morgan fingerprint density at radius 1 is 1.07 bits per heavy atom. The fourth-order valence-electron chi connectivity index (χ4n) is 8.48. The molecule has 5 heterocycles. The van der Waals surface area contributed by atoms with Crippen molar-refractivity contribution in [3.05, 3.63) is 53.2 Å². The molecule has 0 unspecified atom stereocenters. The number of hydrogen-bond acceptors (Lipinski definition) is 8. The number of anilines is 1.